The van der Waals surface area contributed by atoms with Gasteiger partial charge in [-0.1, -0.05) is 54.6 Å². The number of aryl methyl sites for hydroxylation is 1. The Hall–Kier alpha value is -4.78. The molecule has 0 aliphatic rings. The van der Waals surface area contributed by atoms with E-state index in [0.29, 0.717) is 34.7 Å². The minimum Gasteiger partial charge on any atom is -0.308 e. The molecule has 0 saturated heterocycles. The van der Waals surface area contributed by atoms with Gasteiger partial charge in [0, 0.05) is 24.0 Å². The van der Waals surface area contributed by atoms with Gasteiger partial charge in [-0.3, -0.25) is 9.36 Å². The average molecular weight is 462 g/mol. The zero-order valence-electron chi connectivity index (χ0n) is 19.1. The first-order valence-corrected chi connectivity index (χ1v) is 11.2. The molecule has 172 valence electrons. The molecular weight excluding hydrogens is 438 g/mol. The number of carbonyl (C=O) groups excluding carboxylic acids is 1. The number of urea groups is 1. The normalized spacial score (nSPS) is 10.8. The molecule has 0 fully saturated rings. The number of nitrogens with zero attached hydrogens (tertiary/aromatic N) is 3. The monoisotopic (exact) mass is 461 g/mol. The molecule has 7 heteroatoms. The van der Waals surface area contributed by atoms with Crippen LogP contribution in [0.1, 0.15) is 16.8 Å². The van der Waals surface area contributed by atoms with Crippen LogP contribution in [0.15, 0.2) is 102 Å². The highest BCUT2D eigenvalue weighted by molar-refractivity contribution is 6.00. The third-order valence-electron chi connectivity index (χ3n) is 5.65. The van der Waals surface area contributed by atoms with Crippen LogP contribution in [0.25, 0.3) is 16.9 Å². The Morgan fingerprint density at radius 2 is 1.69 bits per heavy atom. The van der Waals surface area contributed by atoms with Crippen LogP contribution in [-0.4, -0.2) is 20.6 Å². The van der Waals surface area contributed by atoms with Gasteiger partial charge in [0.25, 0.3) is 5.56 Å². The van der Waals surface area contributed by atoms with E-state index in [9.17, 15) is 9.59 Å². The van der Waals surface area contributed by atoms with Crippen molar-refractivity contribution in [3.8, 4) is 5.69 Å². The maximum Gasteiger partial charge on any atom is 0.323 e. The molecule has 2 heterocycles. The van der Waals surface area contributed by atoms with Crippen molar-refractivity contribution < 1.29 is 4.79 Å². The van der Waals surface area contributed by atoms with Crippen molar-refractivity contribution in [1.29, 1.82) is 0 Å². The van der Waals surface area contributed by atoms with Crippen molar-refractivity contribution in [2.75, 3.05) is 10.6 Å². The van der Waals surface area contributed by atoms with Gasteiger partial charge in [0.1, 0.15) is 11.2 Å². The lowest BCUT2D eigenvalue weighted by atomic mass is 10.1. The Kier molecular flexibility index (Phi) is 6.05. The zero-order chi connectivity index (χ0) is 24.2. The molecule has 3 aromatic carbocycles. The van der Waals surface area contributed by atoms with E-state index in [-0.39, 0.29) is 11.6 Å². The number of aromatic nitrogens is 3. The lowest BCUT2D eigenvalue weighted by molar-refractivity contribution is 0.262. The molecule has 7 nitrogen and oxygen atoms in total. The van der Waals surface area contributed by atoms with Gasteiger partial charge in [0.15, 0.2) is 5.65 Å². The number of hydrogen-bond donors (Lipinski definition) is 2. The molecule has 2 N–H and O–H groups in total. The molecule has 5 aromatic rings. The highest BCUT2D eigenvalue weighted by Gasteiger charge is 2.15. The van der Waals surface area contributed by atoms with Crippen LogP contribution in [0, 0.1) is 6.92 Å². The smallest absolute Gasteiger partial charge is 0.308 e. The number of para-hydroxylation sites is 1. The quantitative estimate of drug-likeness (QED) is 0.371. The van der Waals surface area contributed by atoms with E-state index in [1.807, 2.05) is 73.7 Å². The summed E-state index contributed by atoms with van der Waals surface area (Å²) in [6, 6.07) is 27.7. The van der Waals surface area contributed by atoms with Gasteiger partial charge in [-0.15, -0.1) is 0 Å². The number of anilines is 2. The van der Waals surface area contributed by atoms with Crippen LogP contribution in [-0.2, 0) is 6.42 Å². The van der Waals surface area contributed by atoms with Crippen LogP contribution < -0.4 is 16.2 Å². The molecule has 0 atom stereocenters. The van der Waals surface area contributed by atoms with Crippen LogP contribution in [0.2, 0.25) is 0 Å². The number of benzene rings is 3. The minimum absolute atomic E-state index is 0.249. The fourth-order valence-corrected chi connectivity index (χ4v) is 3.93. The second-order valence-corrected chi connectivity index (χ2v) is 8.15. The van der Waals surface area contributed by atoms with E-state index in [0.717, 1.165) is 16.8 Å². The summed E-state index contributed by atoms with van der Waals surface area (Å²) in [6.45, 7) is 1.93. The summed E-state index contributed by atoms with van der Waals surface area (Å²) < 4.78 is 1.55. The molecular formula is C28H23N5O2. The van der Waals surface area contributed by atoms with E-state index < -0.39 is 0 Å². The second kappa shape index (κ2) is 9.61. The number of hydrogen-bond acceptors (Lipinski definition) is 4. The van der Waals surface area contributed by atoms with Gasteiger partial charge in [-0.2, -0.15) is 0 Å². The third-order valence-corrected chi connectivity index (χ3v) is 5.65. The summed E-state index contributed by atoms with van der Waals surface area (Å²) in [5, 5.41) is 5.70. The van der Waals surface area contributed by atoms with Crippen molar-refractivity contribution >= 4 is 28.6 Å². The number of amides is 2. The van der Waals surface area contributed by atoms with Crippen molar-refractivity contribution in [3.63, 3.8) is 0 Å². The van der Waals surface area contributed by atoms with Crippen molar-refractivity contribution in [1.82, 2.24) is 14.5 Å². The maximum absolute atomic E-state index is 13.6. The lowest BCUT2D eigenvalue weighted by Crippen LogP contribution is -2.25. The molecule has 0 aliphatic heterocycles. The summed E-state index contributed by atoms with van der Waals surface area (Å²) in [5.41, 5.74) is 5.07. The largest absolute Gasteiger partial charge is 0.323 e. The summed E-state index contributed by atoms with van der Waals surface area (Å²) in [6.07, 6.45) is 2.04. The number of pyridine rings is 1. The Morgan fingerprint density at radius 3 is 2.51 bits per heavy atom. The second-order valence-electron chi connectivity index (χ2n) is 8.15. The molecule has 0 radical (unpaired) electrons. The minimum atomic E-state index is -0.369. The number of fused-ring (bicyclic) bond motifs is 1. The highest BCUT2D eigenvalue weighted by atomic mass is 16.2. The van der Waals surface area contributed by atoms with Crippen LogP contribution in [0.4, 0.5) is 16.2 Å². The van der Waals surface area contributed by atoms with E-state index in [2.05, 4.69) is 20.6 Å². The highest BCUT2D eigenvalue weighted by Crippen LogP contribution is 2.19. The van der Waals surface area contributed by atoms with Gasteiger partial charge in [0.2, 0.25) is 0 Å². The Morgan fingerprint density at radius 1 is 0.886 bits per heavy atom. The van der Waals surface area contributed by atoms with Crippen molar-refractivity contribution in [3.05, 3.63) is 124 Å². The zero-order valence-corrected chi connectivity index (χ0v) is 19.1. The average Bonchev–Trinajstić information content (AvgIpc) is 2.87. The van der Waals surface area contributed by atoms with Gasteiger partial charge < -0.3 is 10.6 Å². The Bertz CT molecular complexity index is 1580. The molecule has 0 saturated carbocycles. The summed E-state index contributed by atoms with van der Waals surface area (Å²) in [7, 11) is 0. The van der Waals surface area contributed by atoms with E-state index in [1.54, 1.807) is 35.0 Å². The van der Waals surface area contributed by atoms with Gasteiger partial charge >= 0.3 is 6.03 Å². The molecule has 0 bridgehead atoms. The van der Waals surface area contributed by atoms with Gasteiger partial charge in [-0.05, 0) is 54.4 Å². The first-order valence-electron chi connectivity index (χ1n) is 11.2. The number of nitrogens with one attached hydrogen (secondary N) is 2. The van der Waals surface area contributed by atoms with Gasteiger partial charge in [-0.25, -0.2) is 14.8 Å². The standard InChI is InChI=1S/C28H23N5O2/c1-19-9-5-6-14-23(19)32-28(35)30-21-12-7-13-22(18-21)33-26-24(15-8-16-29-26)31-25(27(33)34)17-20-10-3-2-4-11-20/h2-16,18H,17H2,1H3,(H2,30,32,35). The third kappa shape index (κ3) is 4.79. The van der Waals surface area contributed by atoms with Crippen molar-refractivity contribution in [2.24, 2.45) is 0 Å². The fourth-order valence-electron chi connectivity index (χ4n) is 3.93. The first kappa shape index (κ1) is 22.0. The van der Waals surface area contributed by atoms with Gasteiger partial charge in [0.05, 0.1) is 5.69 Å². The molecule has 5 rings (SSSR count). The Balaban J connectivity index is 1.51. The lowest BCUT2D eigenvalue weighted by Gasteiger charge is -2.14. The number of carbonyl (C=O) groups is 1. The number of rotatable bonds is 5. The van der Waals surface area contributed by atoms with E-state index in [4.69, 9.17) is 0 Å². The van der Waals surface area contributed by atoms with E-state index >= 15 is 0 Å². The summed E-state index contributed by atoms with van der Waals surface area (Å²) >= 11 is 0. The topological polar surface area (TPSA) is 88.9 Å². The molecule has 35 heavy (non-hydrogen) atoms. The maximum atomic E-state index is 13.6. The molecule has 2 aromatic heterocycles. The SMILES string of the molecule is Cc1ccccc1NC(=O)Nc1cccc(-n2c(=O)c(Cc3ccccc3)nc3cccnc32)c1. The molecule has 0 unspecified atom stereocenters. The predicted molar refractivity (Wildman–Crippen MR) is 138 cm³/mol. The molecule has 0 spiro atoms. The fraction of sp³-hybridized carbons (Fsp3) is 0.0714. The Labute approximate surface area is 202 Å². The van der Waals surface area contributed by atoms with E-state index in [1.165, 1.54) is 0 Å². The molecule has 2 amide bonds. The van der Waals surface area contributed by atoms with Crippen LogP contribution >= 0.6 is 0 Å². The van der Waals surface area contributed by atoms with Crippen molar-refractivity contribution in [2.45, 2.75) is 13.3 Å². The van der Waals surface area contributed by atoms with Crippen LogP contribution in [0.3, 0.4) is 0 Å². The van der Waals surface area contributed by atoms with Crippen LogP contribution in [0.5, 0.6) is 0 Å². The summed E-state index contributed by atoms with van der Waals surface area (Å²) in [4.78, 5) is 35.2. The predicted octanol–water partition coefficient (Wildman–Crippen LogP) is 5.32. The first-order chi connectivity index (χ1) is 17.1. The summed E-state index contributed by atoms with van der Waals surface area (Å²) in [5.74, 6) is 0. The molecule has 0 aliphatic carbocycles.